The third-order valence-electron chi connectivity index (χ3n) is 4.99. The normalized spacial score (nSPS) is 21.6. The van der Waals surface area contributed by atoms with Crippen molar-refractivity contribution in [1.29, 1.82) is 0 Å². The number of carbonyl (C=O) groups excluding carboxylic acids is 2. The van der Waals surface area contributed by atoms with Crippen LogP contribution in [0, 0.1) is 6.92 Å². The van der Waals surface area contributed by atoms with Crippen molar-refractivity contribution in [2.45, 2.75) is 30.2 Å². The number of fused-ring (bicyclic) bond motifs is 1. The molecule has 2 aromatic rings. The Labute approximate surface area is 203 Å². The molecular weight excluding hydrogens is 517 g/mol. The molecule has 1 amide bonds. The molecule has 0 radical (unpaired) electrons. The summed E-state index contributed by atoms with van der Waals surface area (Å²) >= 11 is 13.0. The predicted molar refractivity (Wildman–Crippen MR) is 118 cm³/mol. The molecular formula is C19H17Cl2N3O7S2. The number of sulfone groups is 1. The lowest BCUT2D eigenvalue weighted by Crippen LogP contribution is -2.70. The van der Waals surface area contributed by atoms with Gasteiger partial charge in [0.1, 0.15) is 12.3 Å². The molecule has 10 nitrogen and oxygen atoms in total. The molecule has 1 aromatic heterocycles. The van der Waals surface area contributed by atoms with Crippen molar-refractivity contribution < 1.29 is 31.9 Å². The molecule has 0 aliphatic carbocycles. The van der Waals surface area contributed by atoms with E-state index in [1.54, 1.807) is 25.1 Å². The lowest BCUT2D eigenvalue weighted by atomic mass is 10.1. The van der Waals surface area contributed by atoms with E-state index in [1.165, 1.54) is 7.11 Å². The minimum atomic E-state index is -3.81. The number of rotatable bonds is 7. The van der Waals surface area contributed by atoms with Crippen molar-refractivity contribution >= 4 is 56.7 Å². The van der Waals surface area contributed by atoms with E-state index >= 15 is 0 Å². The van der Waals surface area contributed by atoms with Crippen LogP contribution in [0.3, 0.4) is 0 Å². The number of amides is 1. The number of aryl methyl sites for hydroxylation is 1. The molecule has 1 saturated heterocycles. The highest BCUT2D eigenvalue weighted by molar-refractivity contribution is 7.99. The molecule has 3 heterocycles. The van der Waals surface area contributed by atoms with Gasteiger partial charge in [0, 0.05) is 19.8 Å². The number of aromatic nitrogens is 2. The smallest absolute Gasteiger partial charge is 0.355 e. The summed E-state index contributed by atoms with van der Waals surface area (Å²) in [4.78, 5) is 26.6. The number of methoxy groups -OCH3 is 1. The van der Waals surface area contributed by atoms with E-state index in [9.17, 15) is 18.0 Å². The van der Waals surface area contributed by atoms with Gasteiger partial charge in [-0.1, -0.05) is 41.0 Å². The number of benzene rings is 1. The van der Waals surface area contributed by atoms with E-state index < -0.39 is 38.9 Å². The number of β-lactam (4-membered cyclic amide) rings is 1. The maximum atomic E-state index is 13.1. The number of nitrogens with zero attached hydrogens (tertiary/aromatic N) is 3. The standard InChI is InChI=1S/C19H17Cl2N3O7S2/c1-9-22-23-19(31-9)32-7-11-8-33(27,28)17-15(29-2)16(25)24(17)14(11)18(26)30-6-10-3-4-12(20)13(21)5-10/h3-5,15,17H,6-8H2,1-2H3/t15-,17+/m0/s1. The summed E-state index contributed by atoms with van der Waals surface area (Å²) in [5, 5.41) is 7.12. The molecule has 1 fully saturated rings. The molecule has 4 rings (SSSR count). The quantitative estimate of drug-likeness (QED) is 0.297. The van der Waals surface area contributed by atoms with Gasteiger partial charge in [0.05, 0.1) is 15.8 Å². The van der Waals surface area contributed by atoms with Crippen LogP contribution in [0.25, 0.3) is 0 Å². The first-order valence-electron chi connectivity index (χ1n) is 9.46. The van der Waals surface area contributed by atoms with Gasteiger partial charge in [0.15, 0.2) is 21.3 Å². The molecule has 0 spiro atoms. The SMILES string of the molecule is CO[C@H]1C(=O)N2C(C(=O)OCc3ccc(Cl)c(Cl)c3)=C(CSc3nnc(C)o3)CS(=O)(=O)[C@H]12. The molecule has 33 heavy (non-hydrogen) atoms. The van der Waals surface area contributed by atoms with Gasteiger partial charge in [-0.2, -0.15) is 0 Å². The van der Waals surface area contributed by atoms with Crippen LogP contribution in [0.1, 0.15) is 11.5 Å². The van der Waals surface area contributed by atoms with Crippen LogP contribution in [0.2, 0.25) is 10.0 Å². The monoisotopic (exact) mass is 533 g/mol. The summed E-state index contributed by atoms with van der Waals surface area (Å²) in [6.07, 6.45) is -1.18. The van der Waals surface area contributed by atoms with Gasteiger partial charge in [-0.15, -0.1) is 10.2 Å². The molecule has 14 heteroatoms. The fraction of sp³-hybridized carbons (Fsp3) is 0.368. The minimum Gasteiger partial charge on any atom is -0.456 e. The molecule has 0 unspecified atom stereocenters. The van der Waals surface area contributed by atoms with E-state index in [2.05, 4.69) is 10.2 Å². The molecule has 0 saturated carbocycles. The Hall–Kier alpha value is -2.12. The largest absolute Gasteiger partial charge is 0.456 e. The topological polar surface area (TPSA) is 129 Å². The van der Waals surface area contributed by atoms with Crippen molar-refractivity contribution in [1.82, 2.24) is 15.1 Å². The molecule has 2 aliphatic heterocycles. The number of ether oxygens (including phenoxy) is 2. The first kappa shape index (κ1) is 24.0. The lowest BCUT2D eigenvalue weighted by molar-refractivity contribution is -0.164. The van der Waals surface area contributed by atoms with Crippen molar-refractivity contribution in [3.63, 3.8) is 0 Å². The van der Waals surface area contributed by atoms with Crippen LogP contribution in [-0.2, 0) is 35.5 Å². The average Bonchev–Trinajstić information content (AvgIpc) is 3.18. The van der Waals surface area contributed by atoms with Crippen molar-refractivity contribution in [2.75, 3.05) is 18.6 Å². The average molecular weight is 534 g/mol. The fourth-order valence-corrected chi connectivity index (χ4v) is 6.79. The van der Waals surface area contributed by atoms with E-state index in [0.29, 0.717) is 21.5 Å². The number of esters is 1. The van der Waals surface area contributed by atoms with E-state index in [0.717, 1.165) is 16.7 Å². The third-order valence-corrected chi connectivity index (χ3v) is 8.58. The Bertz CT molecular complexity index is 1260. The van der Waals surface area contributed by atoms with Crippen molar-refractivity contribution in [2.24, 2.45) is 0 Å². The van der Waals surface area contributed by atoms with Crippen LogP contribution in [0.15, 0.2) is 39.1 Å². The Morgan fingerprint density at radius 3 is 2.70 bits per heavy atom. The second-order valence-electron chi connectivity index (χ2n) is 7.21. The maximum Gasteiger partial charge on any atom is 0.355 e. The van der Waals surface area contributed by atoms with Gasteiger partial charge >= 0.3 is 5.97 Å². The van der Waals surface area contributed by atoms with Gasteiger partial charge in [0.2, 0.25) is 5.89 Å². The lowest BCUT2D eigenvalue weighted by Gasteiger charge is -2.48. The van der Waals surface area contributed by atoms with Crippen LogP contribution in [0.4, 0.5) is 0 Å². The number of thioether (sulfide) groups is 1. The zero-order valence-electron chi connectivity index (χ0n) is 17.3. The highest BCUT2D eigenvalue weighted by Gasteiger charge is 2.60. The fourth-order valence-electron chi connectivity index (χ4n) is 3.49. The Morgan fingerprint density at radius 2 is 2.06 bits per heavy atom. The summed E-state index contributed by atoms with van der Waals surface area (Å²) in [6.45, 7) is 1.46. The summed E-state index contributed by atoms with van der Waals surface area (Å²) < 4.78 is 41.4. The highest BCUT2D eigenvalue weighted by Crippen LogP contribution is 2.39. The molecule has 176 valence electrons. The van der Waals surface area contributed by atoms with E-state index in [-0.39, 0.29) is 28.9 Å². The molecule has 0 N–H and O–H groups in total. The van der Waals surface area contributed by atoms with Gasteiger partial charge in [-0.3, -0.25) is 9.69 Å². The van der Waals surface area contributed by atoms with Crippen LogP contribution < -0.4 is 0 Å². The zero-order valence-corrected chi connectivity index (χ0v) is 20.4. The first-order valence-corrected chi connectivity index (χ1v) is 12.9. The van der Waals surface area contributed by atoms with E-state index in [4.69, 9.17) is 37.1 Å². The molecule has 2 aliphatic rings. The van der Waals surface area contributed by atoms with E-state index in [1.807, 2.05) is 0 Å². The molecule has 2 atom stereocenters. The van der Waals surface area contributed by atoms with Gasteiger partial charge in [-0.05, 0) is 23.3 Å². The number of carbonyl (C=O) groups is 2. The van der Waals surface area contributed by atoms with Crippen LogP contribution >= 0.6 is 35.0 Å². The predicted octanol–water partition coefficient (Wildman–Crippen LogP) is 2.39. The summed E-state index contributed by atoms with van der Waals surface area (Å²) in [5.74, 6) is -1.57. The Morgan fingerprint density at radius 1 is 1.30 bits per heavy atom. The number of hydrogen-bond acceptors (Lipinski definition) is 10. The van der Waals surface area contributed by atoms with Gasteiger partial charge < -0.3 is 13.9 Å². The van der Waals surface area contributed by atoms with Crippen molar-refractivity contribution in [3.05, 3.63) is 51.0 Å². The minimum absolute atomic E-state index is 0.0201. The molecule has 1 aromatic carbocycles. The van der Waals surface area contributed by atoms with Crippen LogP contribution in [0.5, 0.6) is 0 Å². The summed E-state index contributed by atoms with van der Waals surface area (Å²) in [6, 6.07) is 4.74. The first-order chi connectivity index (χ1) is 15.6. The second-order valence-corrected chi connectivity index (χ2v) is 11.1. The number of hydrogen-bond donors (Lipinski definition) is 0. The summed E-state index contributed by atoms with van der Waals surface area (Å²) in [7, 11) is -2.57. The highest BCUT2D eigenvalue weighted by atomic mass is 35.5. The van der Waals surface area contributed by atoms with Gasteiger partial charge in [-0.25, -0.2) is 13.2 Å². The van der Waals surface area contributed by atoms with Gasteiger partial charge in [0.25, 0.3) is 11.1 Å². The molecule has 0 bridgehead atoms. The van der Waals surface area contributed by atoms with Crippen molar-refractivity contribution in [3.8, 4) is 0 Å². The second kappa shape index (κ2) is 9.26. The van der Waals surface area contributed by atoms with Crippen LogP contribution in [-0.4, -0.2) is 65.5 Å². The zero-order chi connectivity index (χ0) is 23.9. The summed E-state index contributed by atoms with van der Waals surface area (Å²) in [5.41, 5.74) is 0.631. The Kier molecular flexibility index (Phi) is 6.74. The third kappa shape index (κ3) is 4.62. The maximum absolute atomic E-state index is 13.1. The number of halogens is 2. The Balaban J connectivity index is 1.63.